The van der Waals surface area contributed by atoms with Crippen molar-refractivity contribution < 1.29 is 5.11 Å². The van der Waals surface area contributed by atoms with Crippen LogP contribution in [0.15, 0.2) is 6.07 Å². The van der Waals surface area contributed by atoms with Crippen LogP contribution in [0.1, 0.15) is 31.0 Å². The molecule has 1 aromatic heterocycles. The molecule has 0 aliphatic rings. The van der Waals surface area contributed by atoms with Crippen LogP contribution < -0.4 is 4.90 Å². The molecule has 0 fully saturated rings. The number of aromatic hydroxyl groups is 1. The third kappa shape index (κ3) is 2.85. The topological polar surface area (TPSA) is 36.4 Å². The highest BCUT2D eigenvalue weighted by Gasteiger charge is 2.09. The molecule has 3 heteroatoms. The quantitative estimate of drug-likeness (QED) is 0.826. The molecule has 0 spiro atoms. The van der Waals surface area contributed by atoms with Crippen LogP contribution in [0.5, 0.6) is 5.75 Å². The maximum atomic E-state index is 9.88. The number of hydrogen-bond acceptors (Lipinski definition) is 3. The number of aryl methyl sites for hydroxylation is 1. The summed E-state index contributed by atoms with van der Waals surface area (Å²) in [6.07, 6.45) is 3.14. The molecule has 1 N–H and O–H groups in total. The third-order valence-electron chi connectivity index (χ3n) is 2.53. The van der Waals surface area contributed by atoms with Gasteiger partial charge >= 0.3 is 0 Å². The first-order valence-electron chi connectivity index (χ1n) is 5.43. The largest absolute Gasteiger partial charge is 0.507 e. The molecule has 0 aromatic carbocycles. The van der Waals surface area contributed by atoms with Crippen molar-refractivity contribution in [3.8, 4) is 5.75 Å². The van der Waals surface area contributed by atoms with Crippen LogP contribution in [0.4, 0.5) is 5.82 Å². The van der Waals surface area contributed by atoms with E-state index < -0.39 is 0 Å². The third-order valence-corrected chi connectivity index (χ3v) is 2.53. The molecular weight excluding hydrogens is 188 g/mol. The van der Waals surface area contributed by atoms with Gasteiger partial charge in [-0.2, -0.15) is 0 Å². The average Bonchev–Trinajstić information content (AvgIpc) is 2.16. The van der Waals surface area contributed by atoms with Crippen LogP contribution in [-0.2, 0) is 6.42 Å². The predicted octanol–water partition coefficient (Wildman–Crippen LogP) is 2.50. The van der Waals surface area contributed by atoms with E-state index in [9.17, 15) is 5.11 Å². The summed E-state index contributed by atoms with van der Waals surface area (Å²) in [5.41, 5.74) is 1.93. The summed E-state index contributed by atoms with van der Waals surface area (Å²) in [5.74, 6) is 1.19. The summed E-state index contributed by atoms with van der Waals surface area (Å²) in [4.78, 5) is 6.35. The Balaban J connectivity index is 2.99. The van der Waals surface area contributed by atoms with Gasteiger partial charge in [0.15, 0.2) is 0 Å². The molecule has 1 heterocycles. The number of nitrogens with zero attached hydrogens (tertiary/aromatic N) is 2. The summed E-state index contributed by atoms with van der Waals surface area (Å²) in [7, 11) is 3.85. The van der Waals surface area contributed by atoms with Gasteiger partial charge in [-0.3, -0.25) is 0 Å². The van der Waals surface area contributed by atoms with Gasteiger partial charge in [0.05, 0.1) is 0 Å². The van der Waals surface area contributed by atoms with Gasteiger partial charge in [-0.1, -0.05) is 13.3 Å². The van der Waals surface area contributed by atoms with E-state index in [2.05, 4.69) is 11.9 Å². The zero-order valence-electron chi connectivity index (χ0n) is 10.0. The van der Waals surface area contributed by atoms with Gasteiger partial charge in [0.25, 0.3) is 0 Å². The van der Waals surface area contributed by atoms with Gasteiger partial charge in [-0.15, -0.1) is 0 Å². The maximum absolute atomic E-state index is 9.88. The van der Waals surface area contributed by atoms with Gasteiger partial charge in [-0.25, -0.2) is 4.98 Å². The molecule has 0 unspecified atom stereocenters. The lowest BCUT2D eigenvalue weighted by Gasteiger charge is -2.15. The predicted molar refractivity (Wildman–Crippen MR) is 63.6 cm³/mol. The van der Waals surface area contributed by atoms with Crippen molar-refractivity contribution in [3.05, 3.63) is 17.3 Å². The Bertz CT molecular complexity index is 311. The summed E-state index contributed by atoms with van der Waals surface area (Å²) in [5, 5.41) is 9.88. The Morgan fingerprint density at radius 2 is 2.07 bits per heavy atom. The van der Waals surface area contributed by atoms with E-state index >= 15 is 0 Å². The van der Waals surface area contributed by atoms with Gasteiger partial charge in [0, 0.05) is 31.4 Å². The Kier molecular flexibility index (Phi) is 3.95. The van der Waals surface area contributed by atoms with Gasteiger partial charge in [0.1, 0.15) is 11.6 Å². The first-order chi connectivity index (χ1) is 7.06. The fourth-order valence-corrected chi connectivity index (χ4v) is 1.56. The van der Waals surface area contributed by atoms with Crippen LogP contribution in [0.25, 0.3) is 0 Å². The van der Waals surface area contributed by atoms with E-state index in [1.807, 2.05) is 25.9 Å². The molecule has 0 bridgehead atoms. The first-order valence-corrected chi connectivity index (χ1v) is 5.43. The zero-order chi connectivity index (χ0) is 11.4. The molecule has 0 saturated heterocycles. The van der Waals surface area contributed by atoms with Gasteiger partial charge in [-0.05, 0) is 19.8 Å². The Labute approximate surface area is 91.8 Å². The lowest BCUT2D eigenvalue weighted by Crippen LogP contribution is -2.11. The molecular formula is C12H20N2O. The summed E-state index contributed by atoms with van der Waals surface area (Å²) in [6, 6.07) is 1.73. The highest BCUT2D eigenvalue weighted by atomic mass is 16.3. The molecule has 1 rings (SSSR count). The van der Waals surface area contributed by atoms with Crippen LogP contribution in [0.3, 0.4) is 0 Å². The first kappa shape index (κ1) is 11.8. The minimum Gasteiger partial charge on any atom is -0.507 e. The fraction of sp³-hybridized carbons (Fsp3) is 0.583. The van der Waals surface area contributed by atoms with Crippen molar-refractivity contribution in [1.29, 1.82) is 0 Å². The molecule has 3 nitrogen and oxygen atoms in total. The molecule has 15 heavy (non-hydrogen) atoms. The van der Waals surface area contributed by atoms with Gasteiger partial charge in [0.2, 0.25) is 0 Å². The fourth-order valence-electron chi connectivity index (χ4n) is 1.56. The van der Waals surface area contributed by atoms with E-state index in [1.165, 1.54) is 0 Å². The lowest BCUT2D eigenvalue weighted by atomic mass is 10.1. The highest BCUT2D eigenvalue weighted by molar-refractivity contribution is 5.48. The Morgan fingerprint density at radius 3 is 2.53 bits per heavy atom. The van der Waals surface area contributed by atoms with Crippen molar-refractivity contribution >= 4 is 5.82 Å². The van der Waals surface area contributed by atoms with E-state index in [1.54, 1.807) is 6.07 Å². The lowest BCUT2D eigenvalue weighted by molar-refractivity contribution is 0.465. The van der Waals surface area contributed by atoms with E-state index in [0.29, 0.717) is 5.75 Å². The van der Waals surface area contributed by atoms with E-state index in [4.69, 9.17) is 0 Å². The highest BCUT2D eigenvalue weighted by Crippen LogP contribution is 2.25. The van der Waals surface area contributed by atoms with E-state index in [0.717, 1.165) is 36.3 Å². The number of pyridine rings is 1. The summed E-state index contributed by atoms with van der Waals surface area (Å²) in [6.45, 7) is 4.10. The normalized spacial score (nSPS) is 10.4. The SMILES string of the molecule is CCCCc1c(O)cc(N(C)C)nc1C. The molecule has 1 aromatic rings. The average molecular weight is 208 g/mol. The van der Waals surface area contributed by atoms with Crippen molar-refractivity contribution in [2.24, 2.45) is 0 Å². The van der Waals surface area contributed by atoms with Crippen LogP contribution in [0, 0.1) is 6.92 Å². The number of hydrogen-bond donors (Lipinski definition) is 1. The molecule has 0 aliphatic carbocycles. The number of anilines is 1. The Hall–Kier alpha value is -1.25. The summed E-state index contributed by atoms with van der Waals surface area (Å²) < 4.78 is 0. The van der Waals surface area contributed by atoms with E-state index in [-0.39, 0.29) is 0 Å². The van der Waals surface area contributed by atoms with Crippen LogP contribution in [0.2, 0.25) is 0 Å². The summed E-state index contributed by atoms with van der Waals surface area (Å²) >= 11 is 0. The second-order valence-electron chi connectivity index (χ2n) is 4.06. The standard InChI is InChI=1S/C12H20N2O/c1-5-6-7-10-9(2)13-12(14(3)4)8-11(10)15/h8H,5-7H2,1-4H3,(H,13,15). The molecule has 0 aliphatic heterocycles. The second-order valence-corrected chi connectivity index (χ2v) is 4.06. The van der Waals surface area contributed by atoms with Crippen LogP contribution >= 0.6 is 0 Å². The van der Waals surface area contributed by atoms with Crippen molar-refractivity contribution in [1.82, 2.24) is 4.98 Å². The smallest absolute Gasteiger partial charge is 0.132 e. The molecule has 0 atom stereocenters. The second kappa shape index (κ2) is 5.01. The molecule has 0 amide bonds. The van der Waals surface area contributed by atoms with Crippen molar-refractivity contribution in [2.75, 3.05) is 19.0 Å². The number of aromatic nitrogens is 1. The van der Waals surface area contributed by atoms with Crippen LogP contribution in [-0.4, -0.2) is 24.2 Å². The van der Waals surface area contributed by atoms with Gasteiger partial charge < -0.3 is 10.0 Å². The zero-order valence-corrected chi connectivity index (χ0v) is 10.0. The number of unbranched alkanes of at least 4 members (excludes halogenated alkanes) is 1. The van der Waals surface area contributed by atoms with Crippen molar-refractivity contribution in [2.45, 2.75) is 33.1 Å². The minimum absolute atomic E-state index is 0.375. The molecule has 0 saturated carbocycles. The van der Waals surface area contributed by atoms with Crippen molar-refractivity contribution in [3.63, 3.8) is 0 Å². The Morgan fingerprint density at radius 1 is 1.40 bits per heavy atom. The maximum Gasteiger partial charge on any atom is 0.132 e. The minimum atomic E-state index is 0.375. The monoisotopic (exact) mass is 208 g/mol. The molecule has 0 radical (unpaired) electrons. The number of rotatable bonds is 4. The molecule has 84 valence electrons.